The Bertz CT molecular complexity index is 649. The molecule has 0 bridgehead atoms. The first-order valence-electron chi connectivity index (χ1n) is 5.20. The molecule has 6 heteroatoms. The van der Waals surface area contributed by atoms with Gasteiger partial charge in [-0.1, -0.05) is 34.2 Å². The summed E-state index contributed by atoms with van der Waals surface area (Å²) in [6, 6.07) is 9.78. The second-order valence-electron chi connectivity index (χ2n) is 3.65. The van der Waals surface area contributed by atoms with Gasteiger partial charge >= 0.3 is 0 Å². The van der Waals surface area contributed by atoms with Crippen molar-refractivity contribution in [2.24, 2.45) is 5.73 Å². The number of ether oxygens (including phenoxy) is 1. The molecule has 2 N–H and O–H groups in total. The van der Waals surface area contributed by atoms with E-state index in [0.717, 1.165) is 0 Å². The monoisotopic (exact) mass is 403 g/mol. The van der Waals surface area contributed by atoms with Crippen LogP contribution in [-0.4, -0.2) is 4.99 Å². The molecular weight excluding hydrogens is 397 g/mol. The van der Waals surface area contributed by atoms with Gasteiger partial charge in [0.15, 0.2) is 11.6 Å². The van der Waals surface area contributed by atoms with Crippen LogP contribution < -0.4 is 10.5 Å². The van der Waals surface area contributed by atoms with Crippen LogP contribution in [0.5, 0.6) is 11.5 Å². The van der Waals surface area contributed by atoms with Crippen LogP contribution >= 0.6 is 44.1 Å². The van der Waals surface area contributed by atoms with Crippen molar-refractivity contribution in [1.29, 1.82) is 0 Å². The minimum absolute atomic E-state index is 0.110. The van der Waals surface area contributed by atoms with E-state index in [1.807, 2.05) is 0 Å². The van der Waals surface area contributed by atoms with Crippen LogP contribution in [0.3, 0.4) is 0 Å². The molecule has 0 aliphatic carbocycles. The third-order valence-electron chi connectivity index (χ3n) is 2.34. The van der Waals surface area contributed by atoms with Crippen molar-refractivity contribution in [3.05, 3.63) is 56.7 Å². The molecule has 0 aliphatic heterocycles. The van der Waals surface area contributed by atoms with Gasteiger partial charge in [-0.2, -0.15) is 0 Å². The van der Waals surface area contributed by atoms with Crippen molar-refractivity contribution in [1.82, 2.24) is 0 Å². The largest absolute Gasteiger partial charge is 0.454 e. The average Bonchev–Trinajstić information content (AvgIpc) is 2.32. The summed E-state index contributed by atoms with van der Waals surface area (Å²) in [5.41, 5.74) is 6.19. The first kappa shape index (κ1) is 14.4. The Morgan fingerprint density at radius 1 is 1.16 bits per heavy atom. The summed E-state index contributed by atoms with van der Waals surface area (Å²) < 4.78 is 20.6. The summed E-state index contributed by atoms with van der Waals surface area (Å²) in [5, 5.41) is 0. The highest BCUT2D eigenvalue weighted by atomic mass is 79.9. The highest BCUT2D eigenvalue weighted by molar-refractivity contribution is 9.10. The molecule has 2 nitrogen and oxygen atoms in total. The molecule has 0 aromatic heterocycles. The first-order valence-corrected chi connectivity index (χ1v) is 7.19. The molecule has 19 heavy (non-hydrogen) atoms. The first-order chi connectivity index (χ1) is 8.99. The Kier molecular flexibility index (Phi) is 4.54. The number of halogens is 3. The van der Waals surface area contributed by atoms with E-state index in [1.54, 1.807) is 24.3 Å². The fraction of sp³-hybridized carbons (Fsp3) is 0. The van der Waals surface area contributed by atoms with Crippen LogP contribution in [0.2, 0.25) is 0 Å². The summed E-state index contributed by atoms with van der Waals surface area (Å²) in [6.45, 7) is 0. The van der Waals surface area contributed by atoms with Gasteiger partial charge in [0, 0.05) is 8.95 Å². The van der Waals surface area contributed by atoms with Gasteiger partial charge in [-0.25, -0.2) is 4.39 Å². The number of hydrogen-bond acceptors (Lipinski definition) is 2. The van der Waals surface area contributed by atoms with E-state index in [-0.39, 0.29) is 10.7 Å². The minimum atomic E-state index is -0.469. The van der Waals surface area contributed by atoms with Gasteiger partial charge in [-0.15, -0.1) is 0 Å². The van der Waals surface area contributed by atoms with Crippen molar-refractivity contribution < 1.29 is 9.13 Å². The SMILES string of the molecule is NC(=S)c1c(Br)cccc1Oc1ccc(Br)cc1F. The smallest absolute Gasteiger partial charge is 0.166 e. The molecule has 2 aromatic rings. The summed E-state index contributed by atoms with van der Waals surface area (Å²) in [6.07, 6.45) is 0. The molecule has 0 heterocycles. The van der Waals surface area contributed by atoms with Crippen LogP contribution in [0.4, 0.5) is 4.39 Å². The molecule has 0 atom stereocenters. The van der Waals surface area contributed by atoms with E-state index in [4.69, 9.17) is 22.7 Å². The predicted molar refractivity (Wildman–Crippen MR) is 84.2 cm³/mol. The van der Waals surface area contributed by atoms with Crippen LogP contribution in [0, 0.1) is 5.82 Å². The Labute approximate surface area is 132 Å². The predicted octanol–water partition coefficient (Wildman–Crippen LogP) is 4.78. The summed E-state index contributed by atoms with van der Waals surface area (Å²) in [4.78, 5) is 0.181. The Balaban J connectivity index is 2.44. The maximum Gasteiger partial charge on any atom is 0.166 e. The van der Waals surface area contributed by atoms with Gasteiger partial charge in [0.25, 0.3) is 0 Å². The van der Waals surface area contributed by atoms with Crippen molar-refractivity contribution >= 4 is 49.1 Å². The van der Waals surface area contributed by atoms with Gasteiger partial charge in [0.2, 0.25) is 0 Å². The van der Waals surface area contributed by atoms with E-state index in [1.165, 1.54) is 12.1 Å². The fourth-order valence-corrected chi connectivity index (χ4v) is 2.74. The van der Waals surface area contributed by atoms with Crippen LogP contribution in [0.15, 0.2) is 45.3 Å². The molecule has 0 spiro atoms. The zero-order valence-electron chi connectivity index (χ0n) is 9.49. The number of thiocarbonyl (C=S) groups is 1. The molecular formula is C13H8Br2FNOS. The van der Waals surface area contributed by atoms with Gasteiger partial charge in [-0.3, -0.25) is 0 Å². The summed E-state index contributed by atoms with van der Waals surface area (Å²) in [7, 11) is 0. The zero-order chi connectivity index (χ0) is 14.0. The molecule has 0 fully saturated rings. The van der Waals surface area contributed by atoms with Crippen molar-refractivity contribution in [3.8, 4) is 11.5 Å². The molecule has 0 amide bonds. The third kappa shape index (κ3) is 3.32. The van der Waals surface area contributed by atoms with Gasteiger partial charge < -0.3 is 10.5 Å². The third-order valence-corrected chi connectivity index (χ3v) is 3.69. The fourth-order valence-electron chi connectivity index (χ4n) is 1.50. The molecule has 2 rings (SSSR count). The number of hydrogen-bond donors (Lipinski definition) is 1. The number of benzene rings is 2. The van der Waals surface area contributed by atoms with Gasteiger partial charge in [0.1, 0.15) is 10.7 Å². The lowest BCUT2D eigenvalue weighted by atomic mass is 10.2. The molecule has 98 valence electrons. The second-order valence-corrected chi connectivity index (χ2v) is 5.86. The Morgan fingerprint density at radius 3 is 2.53 bits per heavy atom. The van der Waals surface area contributed by atoms with Crippen molar-refractivity contribution in [3.63, 3.8) is 0 Å². The highest BCUT2D eigenvalue weighted by Gasteiger charge is 2.13. The lowest BCUT2D eigenvalue weighted by molar-refractivity contribution is 0.441. The average molecular weight is 405 g/mol. The minimum Gasteiger partial charge on any atom is -0.454 e. The molecule has 0 saturated heterocycles. The molecule has 0 aliphatic rings. The lowest BCUT2D eigenvalue weighted by Gasteiger charge is -2.12. The maximum absolute atomic E-state index is 13.7. The molecule has 0 saturated carbocycles. The summed E-state index contributed by atoms with van der Waals surface area (Å²) in [5.74, 6) is 0.0464. The topological polar surface area (TPSA) is 35.2 Å². The number of rotatable bonds is 3. The van der Waals surface area contributed by atoms with Crippen molar-refractivity contribution in [2.45, 2.75) is 0 Å². The van der Waals surface area contributed by atoms with E-state index < -0.39 is 5.82 Å². The molecule has 0 unspecified atom stereocenters. The van der Waals surface area contributed by atoms with Crippen LogP contribution in [0.1, 0.15) is 5.56 Å². The van der Waals surface area contributed by atoms with Crippen LogP contribution in [-0.2, 0) is 0 Å². The van der Waals surface area contributed by atoms with Gasteiger partial charge in [0.05, 0.1) is 5.56 Å². The molecule has 0 radical (unpaired) electrons. The number of nitrogens with two attached hydrogens (primary N) is 1. The van der Waals surface area contributed by atoms with E-state index in [2.05, 4.69) is 31.9 Å². The Morgan fingerprint density at radius 2 is 1.89 bits per heavy atom. The van der Waals surface area contributed by atoms with Crippen LogP contribution in [0.25, 0.3) is 0 Å². The zero-order valence-corrected chi connectivity index (χ0v) is 13.5. The van der Waals surface area contributed by atoms with E-state index in [9.17, 15) is 4.39 Å². The normalized spacial score (nSPS) is 10.3. The quantitative estimate of drug-likeness (QED) is 0.747. The summed E-state index contributed by atoms with van der Waals surface area (Å²) >= 11 is 11.5. The van der Waals surface area contributed by atoms with E-state index in [0.29, 0.717) is 20.3 Å². The highest BCUT2D eigenvalue weighted by Crippen LogP contribution is 2.32. The second kappa shape index (κ2) is 5.98. The Hall–Kier alpha value is -0.980. The van der Waals surface area contributed by atoms with E-state index >= 15 is 0 Å². The molecule has 2 aromatic carbocycles. The maximum atomic E-state index is 13.7. The standard InChI is InChI=1S/C13H8Br2FNOS/c14-7-4-5-10(9(16)6-7)18-11-3-1-2-8(15)12(11)13(17)19/h1-6H,(H2,17,19). The van der Waals surface area contributed by atoms with Crippen molar-refractivity contribution in [2.75, 3.05) is 0 Å². The van der Waals surface area contributed by atoms with Gasteiger partial charge in [-0.05, 0) is 46.3 Å². The lowest BCUT2D eigenvalue weighted by Crippen LogP contribution is -2.11.